The first-order valence-electron chi connectivity index (χ1n) is 6.94. The van der Waals surface area contributed by atoms with Crippen LogP contribution < -0.4 is 4.90 Å². The molecule has 0 radical (unpaired) electrons. The smallest absolute Gasteiger partial charge is 0.416 e. The molecule has 1 aromatic carbocycles. The minimum Gasteiger partial charge on any atom is -0.465 e. The van der Waals surface area contributed by atoms with E-state index in [0.29, 0.717) is 18.9 Å². The molecule has 1 saturated heterocycles. The lowest BCUT2D eigenvalue weighted by atomic mass is 10.0. The van der Waals surface area contributed by atoms with Gasteiger partial charge in [0.25, 0.3) is 0 Å². The van der Waals surface area contributed by atoms with Crippen LogP contribution in [0.5, 0.6) is 0 Å². The summed E-state index contributed by atoms with van der Waals surface area (Å²) in [6, 6.07) is 3.27. The highest BCUT2D eigenvalue weighted by molar-refractivity contribution is 5.96. The molecule has 4 nitrogen and oxygen atoms in total. The third kappa shape index (κ3) is 3.52. The van der Waals surface area contributed by atoms with Crippen molar-refractivity contribution < 1.29 is 27.4 Å². The predicted octanol–water partition coefficient (Wildman–Crippen LogP) is 3.11. The fourth-order valence-electron chi connectivity index (χ4n) is 2.56. The van der Waals surface area contributed by atoms with Crippen molar-refractivity contribution in [1.29, 1.82) is 0 Å². The van der Waals surface area contributed by atoms with Gasteiger partial charge in [-0.3, -0.25) is 0 Å². The number of carbonyl (C=O) groups excluding carboxylic acids is 1. The molecule has 122 valence electrons. The van der Waals surface area contributed by atoms with Crippen molar-refractivity contribution in [2.75, 3.05) is 32.3 Å². The molecule has 0 N–H and O–H groups in total. The van der Waals surface area contributed by atoms with Gasteiger partial charge in [-0.15, -0.1) is 0 Å². The first-order chi connectivity index (χ1) is 10.3. The summed E-state index contributed by atoms with van der Waals surface area (Å²) in [6.45, 7) is 1.20. The summed E-state index contributed by atoms with van der Waals surface area (Å²) in [4.78, 5) is 13.7. The zero-order valence-corrected chi connectivity index (χ0v) is 12.4. The molecule has 0 aromatic heterocycles. The third-order valence-electron chi connectivity index (χ3n) is 3.85. The molecule has 0 saturated carbocycles. The molecule has 22 heavy (non-hydrogen) atoms. The number of anilines is 1. The number of hydrogen-bond acceptors (Lipinski definition) is 4. The van der Waals surface area contributed by atoms with Crippen LogP contribution in [0.3, 0.4) is 0 Å². The number of ether oxygens (including phenoxy) is 2. The average Bonchev–Trinajstić information content (AvgIpc) is 2.52. The molecule has 1 aliphatic rings. The summed E-state index contributed by atoms with van der Waals surface area (Å²) in [5.74, 6) is -0.778. The first-order valence-corrected chi connectivity index (χ1v) is 6.94. The van der Waals surface area contributed by atoms with E-state index in [0.717, 1.165) is 32.1 Å². The minimum atomic E-state index is -4.50. The normalized spacial score (nSPS) is 16.4. The second kappa shape index (κ2) is 6.56. The molecule has 1 aliphatic heterocycles. The lowest BCUT2D eigenvalue weighted by Crippen LogP contribution is -2.37. The van der Waals surface area contributed by atoms with Crippen LogP contribution in [0.4, 0.5) is 18.9 Å². The Morgan fingerprint density at radius 2 is 1.95 bits per heavy atom. The molecule has 0 spiro atoms. The van der Waals surface area contributed by atoms with Gasteiger partial charge in [-0.1, -0.05) is 0 Å². The number of benzene rings is 1. The second-order valence-electron chi connectivity index (χ2n) is 5.18. The van der Waals surface area contributed by atoms with Crippen LogP contribution in [-0.4, -0.2) is 39.4 Å². The Morgan fingerprint density at radius 1 is 1.32 bits per heavy atom. The van der Waals surface area contributed by atoms with Crippen LogP contribution in [0, 0.1) is 0 Å². The zero-order chi connectivity index (χ0) is 16.3. The highest BCUT2D eigenvalue weighted by Gasteiger charge is 2.33. The van der Waals surface area contributed by atoms with Gasteiger partial charge in [-0.05, 0) is 31.0 Å². The summed E-state index contributed by atoms with van der Waals surface area (Å²) in [5.41, 5.74) is -0.505. The standard InChI is InChI=1S/C15H18F3NO3/c1-19(11-5-7-22-8-6-11)13-4-3-10(15(16,17)18)9-12(13)14(20)21-2/h3-4,9,11H,5-8H2,1-2H3. The Balaban J connectivity index is 2.38. The van der Waals surface area contributed by atoms with Crippen molar-refractivity contribution in [2.24, 2.45) is 0 Å². The summed E-state index contributed by atoms with van der Waals surface area (Å²) < 4.78 is 48.4. The van der Waals surface area contributed by atoms with E-state index in [-0.39, 0.29) is 11.6 Å². The average molecular weight is 317 g/mol. The van der Waals surface area contributed by atoms with Crippen LogP contribution in [0.1, 0.15) is 28.8 Å². The van der Waals surface area contributed by atoms with Gasteiger partial charge in [0.1, 0.15) is 0 Å². The maximum Gasteiger partial charge on any atom is 0.416 e. The Labute approximate surface area is 126 Å². The van der Waals surface area contributed by atoms with Crippen LogP contribution in [0.15, 0.2) is 18.2 Å². The SMILES string of the molecule is COC(=O)c1cc(C(F)(F)F)ccc1N(C)C1CCOCC1. The van der Waals surface area contributed by atoms with Crippen molar-refractivity contribution in [2.45, 2.75) is 25.1 Å². The lowest BCUT2D eigenvalue weighted by molar-refractivity contribution is -0.137. The molecule has 1 aromatic rings. The maximum absolute atomic E-state index is 12.8. The van der Waals surface area contributed by atoms with E-state index < -0.39 is 17.7 Å². The van der Waals surface area contributed by atoms with Gasteiger partial charge < -0.3 is 14.4 Å². The molecule has 7 heteroatoms. The molecule has 0 amide bonds. The van der Waals surface area contributed by atoms with E-state index in [2.05, 4.69) is 4.74 Å². The van der Waals surface area contributed by atoms with E-state index in [1.807, 2.05) is 4.90 Å². The molecule has 2 rings (SSSR count). The molecule has 0 bridgehead atoms. The van der Waals surface area contributed by atoms with E-state index in [1.54, 1.807) is 7.05 Å². The predicted molar refractivity (Wildman–Crippen MR) is 75.0 cm³/mol. The molecule has 0 unspecified atom stereocenters. The maximum atomic E-state index is 12.8. The highest BCUT2D eigenvalue weighted by atomic mass is 19.4. The van der Waals surface area contributed by atoms with Gasteiger partial charge >= 0.3 is 12.1 Å². The summed E-state index contributed by atoms with van der Waals surface area (Å²) in [6.07, 6.45) is -2.98. The van der Waals surface area contributed by atoms with Crippen LogP contribution in [-0.2, 0) is 15.7 Å². The molecule has 1 fully saturated rings. The monoisotopic (exact) mass is 317 g/mol. The number of esters is 1. The molecular weight excluding hydrogens is 299 g/mol. The van der Waals surface area contributed by atoms with Crippen molar-refractivity contribution in [3.05, 3.63) is 29.3 Å². The fraction of sp³-hybridized carbons (Fsp3) is 0.533. The Hall–Kier alpha value is -1.76. The van der Waals surface area contributed by atoms with Crippen molar-refractivity contribution in [1.82, 2.24) is 0 Å². The lowest BCUT2D eigenvalue weighted by Gasteiger charge is -2.34. The van der Waals surface area contributed by atoms with Gasteiger partial charge in [0.05, 0.1) is 23.9 Å². The zero-order valence-electron chi connectivity index (χ0n) is 12.4. The fourth-order valence-corrected chi connectivity index (χ4v) is 2.56. The Kier molecular flexibility index (Phi) is 4.95. The number of rotatable bonds is 3. The largest absolute Gasteiger partial charge is 0.465 e. The number of halogens is 3. The summed E-state index contributed by atoms with van der Waals surface area (Å²) in [7, 11) is 2.92. The van der Waals surface area contributed by atoms with E-state index in [9.17, 15) is 18.0 Å². The van der Waals surface area contributed by atoms with Crippen LogP contribution >= 0.6 is 0 Å². The van der Waals surface area contributed by atoms with E-state index in [1.165, 1.54) is 6.07 Å². The molecule has 0 atom stereocenters. The Bertz CT molecular complexity index is 539. The number of alkyl halides is 3. The van der Waals surface area contributed by atoms with Gasteiger partial charge in [0.15, 0.2) is 0 Å². The topological polar surface area (TPSA) is 38.8 Å². The third-order valence-corrected chi connectivity index (χ3v) is 3.85. The number of carbonyl (C=O) groups is 1. The number of nitrogens with zero attached hydrogens (tertiary/aromatic N) is 1. The van der Waals surface area contributed by atoms with Gasteiger partial charge in [-0.25, -0.2) is 4.79 Å². The van der Waals surface area contributed by atoms with Crippen molar-refractivity contribution in [3.63, 3.8) is 0 Å². The number of methoxy groups -OCH3 is 1. The first kappa shape index (κ1) is 16.6. The summed E-state index contributed by atoms with van der Waals surface area (Å²) >= 11 is 0. The Morgan fingerprint density at radius 3 is 2.50 bits per heavy atom. The minimum absolute atomic E-state index is 0.0775. The highest BCUT2D eigenvalue weighted by Crippen LogP contribution is 2.34. The van der Waals surface area contributed by atoms with Gasteiger partial charge in [0, 0.05) is 26.3 Å². The van der Waals surface area contributed by atoms with Crippen molar-refractivity contribution in [3.8, 4) is 0 Å². The van der Waals surface area contributed by atoms with Crippen LogP contribution in [0.25, 0.3) is 0 Å². The molecule has 1 heterocycles. The quantitative estimate of drug-likeness (QED) is 0.803. The molecule has 0 aliphatic carbocycles. The second-order valence-corrected chi connectivity index (χ2v) is 5.18. The van der Waals surface area contributed by atoms with Crippen LogP contribution in [0.2, 0.25) is 0 Å². The summed E-state index contributed by atoms with van der Waals surface area (Å²) in [5, 5.41) is 0. The van der Waals surface area contributed by atoms with Gasteiger partial charge in [0.2, 0.25) is 0 Å². The van der Waals surface area contributed by atoms with Crippen molar-refractivity contribution >= 4 is 11.7 Å². The van der Waals surface area contributed by atoms with E-state index >= 15 is 0 Å². The van der Waals surface area contributed by atoms with Gasteiger partial charge in [-0.2, -0.15) is 13.2 Å². The van der Waals surface area contributed by atoms with E-state index in [4.69, 9.17) is 4.74 Å². The molecular formula is C15H18F3NO3. The number of hydrogen-bond donors (Lipinski definition) is 0.